The molecule has 1 aromatic rings. The lowest BCUT2D eigenvalue weighted by Crippen LogP contribution is -2.35. The van der Waals surface area contributed by atoms with Crippen LogP contribution in [0.1, 0.15) is 44.2 Å². The predicted octanol–water partition coefficient (Wildman–Crippen LogP) is 3.54. The van der Waals surface area contributed by atoms with E-state index in [-0.39, 0.29) is 6.04 Å². The van der Waals surface area contributed by atoms with Gasteiger partial charge in [0, 0.05) is 23.7 Å². The average Bonchev–Trinajstić information content (AvgIpc) is 2.40. The first kappa shape index (κ1) is 13.9. The number of halogens is 1. The van der Waals surface area contributed by atoms with Gasteiger partial charge in [-0.2, -0.15) is 0 Å². The highest BCUT2D eigenvalue weighted by molar-refractivity contribution is 6.31. The highest BCUT2D eigenvalue weighted by Crippen LogP contribution is 2.27. The molecule has 3 heteroatoms. The Labute approximate surface area is 114 Å². The quantitative estimate of drug-likeness (QED) is 0.875. The van der Waals surface area contributed by atoms with E-state index in [1.165, 1.54) is 5.56 Å². The SMILES string of the molecule is CC(NC1CCC(CO)CC1)c1ccccc1Cl. The van der Waals surface area contributed by atoms with E-state index in [1.54, 1.807) is 0 Å². The second-order valence-corrected chi connectivity index (χ2v) is 5.72. The topological polar surface area (TPSA) is 32.3 Å². The van der Waals surface area contributed by atoms with Crippen LogP contribution < -0.4 is 5.32 Å². The molecule has 1 aliphatic carbocycles. The van der Waals surface area contributed by atoms with Gasteiger partial charge in [0.05, 0.1) is 0 Å². The number of nitrogens with one attached hydrogen (secondary N) is 1. The molecule has 2 N–H and O–H groups in total. The van der Waals surface area contributed by atoms with Crippen molar-refractivity contribution >= 4 is 11.6 Å². The Balaban J connectivity index is 1.89. The summed E-state index contributed by atoms with van der Waals surface area (Å²) in [7, 11) is 0. The Hall–Kier alpha value is -0.570. The van der Waals surface area contributed by atoms with Crippen molar-refractivity contribution < 1.29 is 5.11 Å². The van der Waals surface area contributed by atoms with Crippen molar-refractivity contribution in [2.24, 2.45) is 5.92 Å². The maximum absolute atomic E-state index is 9.14. The molecule has 100 valence electrons. The van der Waals surface area contributed by atoms with Crippen molar-refractivity contribution in [3.8, 4) is 0 Å². The van der Waals surface area contributed by atoms with Gasteiger partial charge in [-0.1, -0.05) is 29.8 Å². The highest BCUT2D eigenvalue weighted by Gasteiger charge is 2.22. The van der Waals surface area contributed by atoms with Gasteiger partial charge >= 0.3 is 0 Å². The highest BCUT2D eigenvalue weighted by atomic mass is 35.5. The van der Waals surface area contributed by atoms with Gasteiger partial charge in [0.1, 0.15) is 0 Å². The molecular formula is C15H22ClNO. The monoisotopic (exact) mass is 267 g/mol. The van der Waals surface area contributed by atoms with Crippen LogP contribution in [0.4, 0.5) is 0 Å². The summed E-state index contributed by atoms with van der Waals surface area (Å²) in [4.78, 5) is 0. The summed E-state index contributed by atoms with van der Waals surface area (Å²) in [5.74, 6) is 0.513. The van der Waals surface area contributed by atoms with Crippen LogP contribution in [0, 0.1) is 5.92 Å². The summed E-state index contributed by atoms with van der Waals surface area (Å²) in [5, 5.41) is 13.6. The van der Waals surface area contributed by atoms with Gasteiger partial charge in [0.15, 0.2) is 0 Å². The first-order valence-corrected chi connectivity index (χ1v) is 7.20. The van der Waals surface area contributed by atoms with Crippen LogP contribution >= 0.6 is 11.6 Å². The lowest BCUT2D eigenvalue weighted by molar-refractivity contribution is 0.172. The standard InChI is InChI=1S/C15H22ClNO/c1-11(14-4-2-3-5-15(14)16)17-13-8-6-12(10-18)7-9-13/h2-5,11-13,17-18H,6-10H2,1H3. The number of hydrogen-bond donors (Lipinski definition) is 2. The van der Waals surface area contributed by atoms with E-state index in [0.717, 1.165) is 30.7 Å². The van der Waals surface area contributed by atoms with Crippen molar-refractivity contribution in [2.45, 2.75) is 44.7 Å². The molecule has 0 saturated heterocycles. The third-order valence-corrected chi connectivity index (χ3v) is 4.31. The van der Waals surface area contributed by atoms with E-state index in [9.17, 15) is 0 Å². The molecule has 0 aliphatic heterocycles. The predicted molar refractivity (Wildman–Crippen MR) is 75.8 cm³/mol. The largest absolute Gasteiger partial charge is 0.396 e. The molecule has 1 unspecified atom stereocenters. The van der Waals surface area contributed by atoms with Gasteiger partial charge in [-0.05, 0) is 50.2 Å². The molecule has 2 rings (SSSR count). The maximum Gasteiger partial charge on any atom is 0.0459 e. The van der Waals surface area contributed by atoms with Crippen molar-refractivity contribution in [3.63, 3.8) is 0 Å². The zero-order valence-corrected chi connectivity index (χ0v) is 11.7. The average molecular weight is 268 g/mol. The fourth-order valence-electron chi connectivity index (χ4n) is 2.78. The molecule has 1 aliphatic rings. The van der Waals surface area contributed by atoms with E-state index < -0.39 is 0 Å². The van der Waals surface area contributed by atoms with Crippen molar-refractivity contribution in [2.75, 3.05) is 6.61 Å². The molecule has 1 saturated carbocycles. The Bertz CT molecular complexity index is 375. The number of aliphatic hydroxyl groups is 1. The van der Waals surface area contributed by atoms with E-state index in [1.807, 2.05) is 18.2 Å². The van der Waals surface area contributed by atoms with Crippen molar-refractivity contribution in [1.29, 1.82) is 0 Å². The Morgan fingerprint density at radius 2 is 1.94 bits per heavy atom. The molecule has 1 atom stereocenters. The van der Waals surface area contributed by atoms with E-state index in [2.05, 4.69) is 18.3 Å². The normalized spacial score (nSPS) is 25.9. The Kier molecular flexibility index (Phi) is 5.04. The molecule has 1 aromatic carbocycles. The van der Waals surface area contributed by atoms with Crippen LogP contribution in [0.5, 0.6) is 0 Å². The number of aliphatic hydroxyl groups excluding tert-OH is 1. The van der Waals surface area contributed by atoms with Crippen molar-refractivity contribution in [1.82, 2.24) is 5.32 Å². The molecule has 1 fully saturated rings. The van der Waals surface area contributed by atoms with Crippen LogP contribution in [0.3, 0.4) is 0 Å². The fourth-order valence-corrected chi connectivity index (χ4v) is 3.08. The molecule has 0 radical (unpaired) electrons. The Morgan fingerprint density at radius 3 is 2.56 bits per heavy atom. The molecule has 0 aromatic heterocycles. The second-order valence-electron chi connectivity index (χ2n) is 5.31. The Morgan fingerprint density at radius 1 is 1.28 bits per heavy atom. The molecule has 0 spiro atoms. The van der Waals surface area contributed by atoms with Crippen LogP contribution in [0.2, 0.25) is 5.02 Å². The van der Waals surface area contributed by atoms with Gasteiger partial charge in [-0.25, -0.2) is 0 Å². The first-order chi connectivity index (χ1) is 8.70. The number of benzene rings is 1. The summed E-state index contributed by atoms with van der Waals surface area (Å²) in [6, 6.07) is 8.86. The van der Waals surface area contributed by atoms with Gasteiger partial charge in [-0.15, -0.1) is 0 Å². The zero-order chi connectivity index (χ0) is 13.0. The van der Waals surface area contributed by atoms with Gasteiger partial charge in [0.2, 0.25) is 0 Å². The lowest BCUT2D eigenvalue weighted by Gasteiger charge is -2.30. The van der Waals surface area contributed by atoms with Gasteiger partial charge in [-0.3, -0.25) is 0 Å². The van der Waals surface area contributed by atoms with Crippen LogP contribution in [-0.4, -0.2) is 17.8 Å². The number of hydrogen-bond acceptors (Lipinski definition) is 2. The summed E-state index contributed by atoms with van der Waals surface area (Å²) in [6.45, 7) is 2.51. The van der Waals surface area contributed by atoms with Gasteiger partial charge in [0.25, 0.3) is 0 Å². The minimum absolute atomic E-state index is 0.286. The third kappa shape index (κ3) is 3.47. The third-order valence-electron chi connectivity index (χ3n) is 3.96. The smallest absolute Gasteiger partial charge is 0.0459 e. The van der Waals surface area contributed by atoms with Gasteiger partial charge < -0.3 is 10.4 Å². The molecule has 0 heterocycles. The second kappa shape index (κ2) is 6.55. The summed E-state index contributed by atoms with van der Waals surface area (Å²) in [5.41, 5.74) is 1.17. The van der Waals surface area contributed by atoms with E-state index in [0.29, 0.717) is 18.6 Å². The minimum atomic E-state index is 0.286. The zero-order valence-electron chi connectivity index (χ0n) is 10.9. The van der Waals surface area contributed by atoms with Crippen molar-refractivity contribution in [3.05, 3.63) is 34.9 Å². The lowest BCUT2D eigenvalue weighted by atomic mass is 9.86. The molecular weight excluding hydrogens is 246 g/mol. The minimum Gasteiger partial charge on any atom is -0.396 e. The fraction of sp³-hybridized carbons (Fsp3) is 0.600. The molecule has 18 heavy (non-hydrogen) atoms. The number of rotatable bonds is 4. The van der Waals surface area contributed by atoms with Crippen LogP contribution in [-0.2, 0) is 0 Å². The maximum atomic E-state index is 9.14. The van der Waals surface area contributed by atoms with E-state index in [4.69, 9.17) is 16.7 Å². The summed E-state index contributed by atoms with van der Waals surface area (Å²) >= 11 is 6.21. The van der Waals surface area contributed by atoms with E-state index >= 15 is 0 Å². The first-order valence-electron chi connectivity index (χ1n) is 6.82. The molecule has 0 bridgehead atoms. The summed E-state index contributed by atoms with van der Waals surface area (Å²) < 4.78 is 0. The van der Waals surface area contributed by atoms with Crippen LogP contribution in [0.25, 0.3) is 0 Å². The summed E-state index contributed by atoms with van der Waals surface area (Å²) in [6.07, 6.45) is 4.56. The molecule has 2 nitrogen and oxygen atoms in total. The van der Waals surface area contributed by atoms with Crippen LogP contribution in [0.15, 0.2) is 24.3 Å². The molecule has 0 amide bonds.